The van der Waals surface area contributed by atoms with Gasteiger partial charge in [0.15, 0.2) is 0 Å². The Morgan fingerprint density at radius 2 is 2.22 bits per heavy atom. The van der Waals surface area contributed by atoms with Crippen molar-refractivity contribution >= 4 is 0 Å². The predicted molar refractivity (Wildman–Crippen MR) is 75.8 cm³/mol. The smallest absolute Gasteiger partial charge is 0.0506 e. The standard InChI is InChI=1S/C15H30N2O/c1-12(2)7-15-10-17(13(3)8-16-15)9-14-5-4-6-18-11-14/h12-16H,4-11H2,1-3H3. The highest BCUT2D eigenvalue weighted by Gasteiger charge is 2.27. The van der Waals surface area contributed by atoms with Crippen molar-refractivity contribution < 1.29 is 4.74 Å². The highest BCUT2D eigenvalue weighted by molar-refractivity contribution is 4.85. The van der Waals surface area contributed by atoms with E-state index in [9.17, 15) is 0 Å². The van der Waals surface area contributed by atoms with Crippen molar-refractivity contribution in [3.8, 4) is 0 Å². The molecule has 3 nitrogen and oxygen atoms in total. The molecular formula is C15H30N2O. The van der Waals surface area contributed by atoms with E-state index in [0.717, 1.165) is 31.6 Å². The van der Waals surface area contributed by atoms with Crippen molar-refractivity contribution in [1.82, 2.24) is 10.2 Å². The Labute approximate surface area is 112 Å². The maximum atomic E-state index is 5.61. The molecule has 0 radical (unpaired) electrons. The van der Waals surface area contributed by atoms with Gasteiger partial charge in [0, 0.05) is 38.3 Å². The van der Waals surface area contributed by atoms with E-state index in [1.54, 1.807) is 0 Å². The van der Waals surface area contributed by atoms with Crippen LogP contribution in [0.15, 0.2) is 0 Å². The van der Waals surface area contributed by atoms with Crippen LogP contribution in [0.5, 0.6) is 0 Å². The van der Waals surface area contributed by atoms with Gasteiger partial charge in [-0.3, -0.25) is 4.90 Å². The number of hydrogen-bond donors (Lipinski definition) is 1. The summed E-state index contributed by atoms with van der Waals surface area (Å²) in [7, 11) is 0. The van der Waals surface area contributed by atoms with Gasteiger partial charge in [-0.25, -0.2) is 0 Å². The van der Waals surface area contributed by atoms with Gasteiger partial charge in [-0.1, -0.05) is 13.8 Å². The first kappa shape index (κ1) is 14.3. The van der Waals surface area contributed by atoms with Crippen molar-refractivity contribution in [2.75, 3.05) is 32.8 Å². The summed E-state index contributed by atoms with van der Waals surface area (Å²) < 4.78 is 5.61. The molecule has 2 saturated heterocycles. The minimum atomic E-state index is 0.676. The molecule has 0 bridgehead atoms. The van der Waals surface area contributed by atoms with Gasteiger partial charge in [0.1, 0.15) is 0 Å². The Balaban J connectivity index is 1.80. The molecule has 2 aliphatic rings. The van der Waals surface area contributed by atoms with Gasteiger partial charge in [0.25, 0.3) is 0 Å². The van der Waals surface area contributed by atoms with E-state index < -0.39 is 0 Å². The molecule has 18 heavy (non-hydrogen) atoms. The predicted octanol–water partition coefficient (Wildman–Crippen LogP) is 2.12. The average molecular weight is 254 g/mol. The van der Waals surface area contributed by atoms with Crippen LogP contribution in [0.4, 0.5) is 0 Å². The maximum absolute atomic E-state index is 5.61. The maximum Gasteiger partial charge on any atom is 0.0506 e. The minimum Gasteiger partial charge on any atom is -0.381 e. The number of nitrogens with one attached hydrogen (secondary N) is 1. The molecule has 1 N–H and O–H groups in total. The molecule has 0 saturated carbocycles. The van der Waals surface area contributed by atoms with E-state index >= 15 is 0 Å². The lowest BCUT2D eigenvalue weighted by molar-refractivity contribution is 0.0230. The fourth-order valence-corrected chi connectivity index (χ4v) is 3.26. The van der Waals surface area contributed by atoms with Crippen LogP contribution >= 0.6 is 0 Å². The van der Waals surface area contributed by atoms with Gasteiger partial charge in [-0.15, -0.1) is 0 Å². The average Bonchev–Trinajstić information content (AvgIpc) is 2.34. The number of ether oxygens (including phenoxy) is 1. The Kier molecular flexibility index (Phi) is 5.46. The molecule has 3 atom stereocenters. The van der Waals surface area contributed by atoms with Crippen LogP contribution in [0.1, 0.15) is 40.0 Å². The van der Waals surface area contributed by atoms with Gasteiger partial charge >= 0.3 is 0 Å². The third-order valence-corrected chi connectivity index (χ3v) is 4.28. The SMILES string of the molecule is CC(C)CC1CN(CC2CCCOC2)C(C)CN1. The third-order valence-electron chi connectivity index (χ3n) is 4.28. The highest BCUT2D eigenvalue weighted by Crippen LogP contribution is 2.19. The van der Waals surface area contributed by atoms with Gasteiger partial charge in [-0.2, -0.15) is 0 Å². The second kappa shape index (κ2) is 6.88. The van der Waals surface area contributed by atoms with E-state index in [2.05, 4.69) is 31.0 Å². The van der Waals surface area contributed by atoms with E-state index in [1.807, 2.05) is 0 Å². The normalized spacial score (nSPS) is 35.0. The molecule has 0 aliphatic carbocycles. The first-order chi connectivity index (χ1) is 8.65. The molecule has 3 heteroatoms. The first-order valence-corrected chi connectivity index (χ1v) is 7.70. The summed E-state index contributed by atoms with van der Waals surface area (Å²) in [6.45, 7) is 12.5. The molecule has 0 aromatic heterocycles. The lowest BCUT2D eigenvalue weighted by atomic mass is 9.97. The van der Waals surface area contributed by atoms with Crippen LogP contribution in [-0.2, 0) is 4.74 Å². The second-order valence-electron chi connectivity index (χ2n) is 6.62. The van der Waals surface area contributed by atoms with Crippen LogP contribution < -0.4 is 5.32 Å². The number of nitrogens with zero attached hydrogens (tertiary/aromatic N) is 1. The third kappa shape index (κ3) is 4.22. The topological polar surface area (TPSA) is 24.5 Å². The molecule has 2 aliphatic heterocycles. The summed E-state index contributed by atoms with van der Waals surface area (Å²) >= 11 is 0. The molecule has 0 spiro atoms. The molecule has 2 rings (SSSR count). The van der Waals surface area contributed by atoms with Crippen LogP contribution in [-0.4, -0.2) is 49.8 Å². The fraction of sp³-hybridized carbons (Fsp3) is 1.00. The van der Waals surface area contributed by atoms with E-state index in [4.69, 9.17) is 4.74 Å². The van der Waals surface area contributed by atoms with Crippen molar-refractivity contribution in [1.29, 1.82) is 0 Å². The Morgan fingerprint density at radius 3 is 2.89 bits per heavy atom. The Morgan fingerprint density at radius 1 is 1.39 bits per heavy atom. The highest BCUT2D eigenvalue weighted by atomic mass is 16.5. The summed E-state index contributed by atoms with van der Waals surface area (Å²) in [6, 6.07) is 1.36. The summed E-state index contributed by atoms with van der Waals surface area (Å²) in [5.74, 6) is 1.55. The monoisotopic (exact) mass is 254 g/mol. The zero-order chi connectivity index (χ0) is 13.0. The number of piperazine rings is 1. The van der Waals surface area contributed by atoms with Crippen molar-refractivity contribution in [2.45, 2.75) is 52.1 Å². The zero-order valence-electron chi connectivity index (χ0n) is 12.3. The van der Waals surface area contributed by atoms with Crippen molar-refractivity contribution in [3.05, 3.63) is 0 Å². The molecule has 3 unspecified atom stereocenters. The van der Waals surface area contributed by atoms with Gasteiger partial charge in [0.2, 0.25) is 0 Å². The molecule has 2 fully saturated rings. The number of rotatable bonds is 4. The summed E-state index contributed by atoms with van der Waals surface area (Å²) in [5.41, 5.74) is 0. The molecule has 0 aromatic carbocycles. The van der Waals surface area contributed by atoms with Crippen LogP contribution in [0.2, 0.25) is 0 Å². The van der Waals surface area contributed by atoms with Gasteiger partial charge in [-0.05, 0) is 38.0 Å². The summed E-state index contributed by atoms with van der Waals surface area (Å²) in [6.07, 6.45) is 3.90. The quantitative estimate of drug-likeness (QED) is 0.832. The van der Waals surface area contributed by atoms with E-state index in [0.29, 0.717) is 12.1 Å². The second-order valence-corrected chi connectivity index (χ2v) is 6.62. The molecule has 0 amide bonds. The molecular weight excluding hydrogens is 224 g/mol. The fourth-order valence-electron chi connectivity index (χ4n) is 3.26. The molecule has 106 valence electrons. The molecule has 0 aromatic rings. The lowest BCUT2D eigenvalue weighted by Gasteiger charge is -2.41. The van der Waals surface area contributed by atoms with Gasteiger partial charge < -0.3 is 10.1 Å². The number of hydrogen-bond acceptors (Lipinski definition) is 3. The molecule has 2 heterocycles. The summed E-state index contributed by atoms with van der Waals surface area (Å²) in [5, 5.41) is 3.69. The first-order valence-electron chi connectivity index (χ1n) is 7.70. The van der Waals surface area contributed by atoms with Gasteiger partial charge in [0.05, 0.1) is 6.61 Å². The largest absolute Gasteiger partial charge is 0.381 e. The van der Waals surface area contributed by atoms with Crippen LogP contribution in [0, 0.1) is 11.8 Å². The Hall–Kier alpha value is -0.120. The van der Waals surface area contributed by atoms with Crippen LogP contribution in [0.25, 0.3) is 0 Å². The zero-order valence-corrected chi connectivity index (χ0v) is 12.3. The van der Waals surface area contributed by atoms with Crippen molar-refractivity contribution in [3.63, 3.8) is 0 Å². The summed E-state index contributed by atoms with van der Waals surface area (Å²) in [4.78, 5) is 2.68. The van der Waals surface area contributed by atoms with E-state index in [-0.39, 0.29) is 0 Å². The minimum absolute atomic E-state index is 0.676. The van der Waals surface area contributed by atoms with Crippen LogP contribution in [0.3, 0.4) is 0 Å². The van der Waals surface area contributed by atoms with Crippen molar-refractivity contribution in [2.24, 2.45) is 11.8 Å². The lowest BCUT2D eigenvalue weighted by Crippen LogP contribution is -2.57. The Bertz CT molecular complexity index is 239. The van der Waals surface area contributed by atoms with E-state index in [1.165, 1.54) is 32.4 Å².